The van der Waals surface area contributed by atoms with E-state index >= 15 is 0 Å². The molecular formula is C40H50N8O3. The number of aromatic nitrogens is 6. The lowest BCUT2D eigenvalue weighted by atomic mass is 9.88. The molecule has 0 fully saturated rings. The van der Waals surface area contributed by atoms with Gasteiger partial charge in [-0.2, -0.15) is 0 Å². The van der Waals surface area contributed by atoms with E-state index in [2.05, 4.69) is 73.8 Å². The van der Waals surface area contributed by atoms with E-state index in [9.17, 15) is 9.90 Å². The number of rotatable bonds is 16. The molecule has 0 spiro atoms. The number of carbonyl (C=O) groups is 1. The van der Waals surface area contributed by atoms with E-state index in [1.54, 1.807) is 24.8 Å². The molecule has 6 aromatic rings. The second-order valence-corrected chi connectivity index (χ2v) is 13.1. The van der Waals surface area contributed by atoms with Gasteiger partial charge in [-0.3, -0.25) is 9.69 Å². The highest BCUT2D eigenvalue weighted by Crippen LogP contribution is 2.34. The quantitative estimate of drug-likeness (QED) is 0.0874. The lowest BCUT2D eigenvalue weighted by Gasteiger charge is -2.19. The summed E-state index contributed by atoms with van der Waals surface area (Å²) in [5, 5.41) is 13.1. The van der Waals surface area contributed by atoms with Crippen molar-refractivity contribution in [3.05, 3.63) is 126 Å². The second kappa shape index (κ2) is 18.5. The Morgan fingerprint density at radius 3 is 2.55 bits per heavy atom. The Labute approximate surface area is 300 Å². The van der Waals surface area contributed by atoms with Crippen LogP contribution in [0.2, 0.25) is 0 Å². The number of aromatic amines is 2. The normalized spacial score (nSPS) is 11.8. The Bertz CT molecular complexity index is 1900. The fourth-order valence-corrected chi connectivity index (χ4v) is 5.96. The lowest BCUT2D eigenvalue weighted by molar-refractivity contribution is -0.121. The molecule has 1 unspecified atom stereocenters. The van der Waals surface area contributed by atoms with Crippen molar-refractivity contribution in [3.63, 3.8) is 0 Å². The first-order valence-corrected chi connectivity index (χ1v) is 17.7. The highest BCUT2D eigenvalue weighted by atomic mass is 16.5. The summed E-state index contributed by atoms with van der Waals surface area (Å²) in [7, 11) is 2.10. The van der Waals surface area contributed by atoms with Gasteiger partial charge in [-0.25, -0.2) is 15.0 Å². The van der Waals surface area contributed by atoms with E-state index in [4.69, 9.17) is 9.72 Å². The molecule has 3 heterocycles. The van der Waals surface area contributed by atoms with E-state index in [0.717, 1.165) is 60.0 Å². The predicted octanol–water partition coefficient (Wildman–Crippen LogP) is 6.83. The largest absolute Gasteiger partial charge is 0.504 e. The summed E-state index contributed by atoms with van der Waals surface area (Å²) in [6.45, 7) is 10.2. The van der Waals surface area contributed by atoms with E-state index in [1.807, 2.05) is 61.7 Å². The van der Waals surface area contributed by atoms with Crippen molar-refractivity contribution >= 4 is 16.9 Å². The third kappa shape index (κ3) is 10.8. The van der Waals surface area contributed by atoms with Crippen molar-refractivity contribution in [3.8, 4) is 11.5 Å². The smallest absolute Gasteiger partial charge is 0.220 e. The van der Waals surface area contributed by atoms with Gasteiger partial charge < -0.3 is 29.7 Å². The number of H-pyrrole nitrogens is 2. The van der Waals surface area contributed by atoms with Gasteiger partial charge in [0.2, 0.25) is 5.91 Å². The molecule has 1 amide bonds. The molecule has 0 saturated carbocycles. The van der Waals surface area contributed by atoms with Crippen molar-refractivity contribution in [1.82, 2.24) is 39.7 Å². The first-order chi connectivity index (χ1) is 24.8. The summed E-state index contributed by atoms with van der Waals surface area (Å²) in [5.41, 5.74) is 5.26. The number of imidazole rings is 3. The molecule has 11 nitrogen and oxygen atoms in total. The Morgan fingerprint density at radius 1 is 1.02 bits per heavy atom. The van der Waals surface area contributed by atoms with Crippen LogP contribution in [0.1, 0.15) is 68.0 Å². The number of amides is 1. The zero-order chi connectivity index (χ0) is 36.0. The number of benzene rings is 3. The van der Waals surface area contributed by atoms with Crippen LogP contribution in [0.5, 0.6) is 11.5 Å². The number of nitrogens with one attached hydrogen (secondary N) is 3. The van der Waals surface area contributed by atoms with Crippen LogP contribution in [0.3, 0.4) is 0 Å². The van der Waals surface area contributed by atoms with Crippen molar-refractivity contribution < 1.29 is 14.6 Å². The van der Waals surface area contributed by atoms with E-state index in [-0.39, 0.29) is 17.6 Å². The molecule has 0 aliphatic carbocycles. The molecule has 0 saturated heterocycles. The van der Waals surface area contributed by atoms with Crippen LogP contribution in [0, 0.1) is 5.92 Å². The molecule has 0 aliphatic rings. The van der Waals surface area contributed by atoms with Gasteiger partial charge in [0, 0.05) is 56.1 Å². The number of hydrogen-bond acceptors (Lipinski definition) is 7. The molecule has 1 atom stereocenters. The minimum atomic E-state index is -0.132. The number of para-hydroxylation sites is 2. The summed E-state index contributed by atoms with van der Waals surface area (Å²) in [5.74, 6) is 3.09. The molecule has 3 aromatic heterocycles. The monoisotopic (exact) mass is 690 g/mol. The summed E-state index contributed by atoms with van der Waals surface area (Å²) in [4.78, 5) is 34.1. The summed E-state index contributed by atoms with van der Waals surface area (Å²) in [6, 6.07) is 23.6. The van der Waals surface area contributed by atoms with Gasteiger partial charge in [0.25, 0.3) is 0 Å². The fourth-order valence-electron chi connectivity index (χ4n) is 5.96. The number of hydrogen-bond donors (Lipinski definition) is 4. The number of phenolic OH excluding ortho intramolecular Hbond substituents is 1. The number of ether oxygens (including phenoxy) is 1. The van der Waals surface area contributed by atoms with Gasteiger partial charge >= 0.3 is 0 Å². The first-order valence-electron chi connectivity index (χ1n) is 17.7. The van der Waals surface area contributed by atoms with Crippen LogP contribution >= 0.6 is 0 Å². The molecule has 0 bridgehead atoms. The second-order valence-electron chi connectivity index (χ2n) is 13.1. The summed E-state index contributed by atoms with van der Waals surface area (Å²) >= 11 is 0. The molecule has 6 rings (SSSR count). The van der Waals surface area contributed by atoms with Crippen molar-refractivity contribution in [2.75, 3.05) is 20.2 Å². The van der Waals surface area contributed by atoms with Crippen molar-refractivity contribution in [2.45, 2.75) is 65.6 Å². The third-order valence-electron chi connectivity index (χ3n) is 8.38. The molecule has 268 valence electrons. The van der Waals surface area contributed by atoms with Crippen LogP contribution in [0.15, 0.2) is 97.7 Å². The van der Waals surface area contributed by atoms with Crippen LogP contribution in [-0.2, 0) is 30.8 Å². The zero-order valence-electron chi connectivity index (χ0n) is 30.0. The first kappa shape index (κ1) is 36.9. The minimum Gasteiger partial charge on any atom is -0.504 e. The Kier molecular flexibility index (Phi) is 13.4. The highest BCUT2D eigenvalue weighted by molar-refractivity contribution is 5.77. The van der Waals surface area contributed by atoms with Crippen molar-refractivity contribution in [2.24, 2.45) is 5.92 Å². The lowest BCUT2D eigenvalue weighted by Crippen LogP contribution is -2.27. The predicted molar refractivity (Wildman–Crippen MR) is 200 cm³/mol. The maximum Gasteiger partial charge on any atom is 0.220 e. The van der Waals surface area contributed by atoms with Gasteiger partial charge in [0.05, 0.1) is 37.1 Å². The highest BCUT2D eigenvalue weighted by Gasteiger charge is 2.20. The van der Waals surface area contributed by atoms with Gasteiger partial charge in [-0.1, -0.05) is 69.3 Å². The summed E-state index contributed by atoms with van der Waals surface area (Å²) < 4.78 is 8.01. The Balaban J connectivity index is 0.000000205. The van der Waals surface area contributed by atoms with Crippen molar-refractivity contribution in [1.29, 1.82) is 0 Å². The van der Waals surface area contributed by atoms with Crippen LogP contribution in [0.4, 0.5) is 0 Å². The van der Waals surface area contributed by atoms with Gasteiger partial charge in [0.1, 0.15) is 11.6 Å². The van der Waals surface area contributed by atoms with Gasteiger partial charge in [-0.05, 0) is 54.8 Å². The average Bonchev–Trinajstić information content (AvgIpc) is 3.91. The Hall–Kier alpha value is -5.42. The van der Waals surface area contributed by atoms with Crippen LogP contribution in [-0.4, -0.2) is 65.6 Å². The summed E-state index contributed by atoms with van der Waals surface area (Å²) in [6.07, 6.45) is 8.90. The third-order valence-corrected chi connectivity index (χ3v) is 8.38. The van der Waals surface area contributed by atoms with Crippen LogP contribution < -0.4 is 10.1 Å². The standard InChI is InChI=1S/C23H27N3O3.C17H23N5/c1-2-12-29-22-13-18(8-9-21(22)27)20(17-6-4-3-5-7-17)14-23(28)25-11-10-19-15-24-16-26-19;1-13(2)10-22-15-7-5-4-6-14(15)20-17(22)12-21(3)11-16-18-8-9-19-16/h3-9,13,15-16,20,27H,2,10-12,14H2,1H3,(H,24,26)(H,25,28);4-9,13H,10-12H2,1-3H3,(H,18,19). The van der Waals surface area contributed by atoms with Gasteiger partial charge in [0.15, 0.2) is 11.5 Å². The SMILES string of the molecule is CC(C)Cn1c(CN(C)Cc2ncc[nH]2)nc2ccccc21.CCCOc1cc(C(CC(=O)NCCc2cnc[nH]2)c2ccccc2)ccc1O. The number of fused-ring (bicyclic) bond motifs is 1. The molecular weight excluding hydrogens is 640 g/mol. The maximum absolute atomic E-state index is 12.6. The van der Waals surface area contributed by atoms with E-state index in [1.165, 1.54) is 5.52 Å². The molecule has 0 radical (unpaired) electrons. The number of carbonyl (C=O) groups excluding carboxylic acids is 1. The Morgan fingerprint density at radius 2 is 1.82 bits per heavy atom. The zero-order valence-corrected chi connectivity index (χ0v) is 30.0. The molecule has 3 aromatic carbocycles. The van der Waals surface area contributed by atoms with E-state index in [0.29, 0.717) is 37.7 Å². The molecule has 51 heavy (non-hydrogen) atoms. The molecule has 4 N–H and O–H groups in total. The number of phenols is 1. The minimum absolute atomic E-state index is 0.0255. The van der Waals surface area contributed by atoms with E-state index < -0.39 is 0 Å². The average molecular weight is 691 g/mol. The molecule has 11 heteroatoms. The fraction of sp³-hybridized carbons (Fsp3) is 0.350. The van der Waals surface area contributed by atoms with Crippen LogP contribution in [0.25, 0.3) is 11.0 Å². The number of aromatic hydroxyl groups is 1. The topological polar surface area (TPSA) is 137 Å². The molecule has 0 aliphatic heterocycles. The van der Waals surface area contributed by atoms with Gasteiger partial charge in [-0.15, -0.1) is 0 Å². The maximum atomic E-state index is 12.6. The number of nitrogens with zero attached hydrogens (tertiary/aromatic N) is 5.